The van der Waals surface area contributed by atoms with Gasteiger partial charge in [0.15, 0.2) is 0 Å². The maximum Gasteiger partial charge on any atom is 0.0736 e. The Labute approximate surface area is 79.1 Å². The van der Waals surface area contributed by atoms with Crippen LogP contribution in [0.3, 0.4) is 0 Å². The van der Waals surface area contributed by atoms with Gasteiger partial charge in [0.05, 0.1) is 19.3 Å². The van der Waals surface area contributed by atoms with Crippen molar-refractivity contribution < 1.29 is 4.74 Å². The Hall–Kier alpha value is -0.450. The molecule has 1 aromatic rings. The highest BCUT2D eigenvalue weighted by molar-refractivity contribution is 9.10. The third kappa shape index (κ3) is 1.26. The van der Waals surface area contributed by atoms with Crippen LogP contribution in [0.2, 0.25) is 0 Å². The van der Waals surface area contributed by atoms with E-state index in [-0.39, 0.29) is 6.04 Å². The molecule has 0 bridgehead atoms. The van der Waals surface area contributed by atoms with E-state index in [1.54, 1.807) is 12.4 Å². The summed E-state index contributed by atoms with van der Waals surface area (Å²) < 4.78 is 6.26. The van der Waals surface area contributed by atoms with Gasteiger partial charge in [0.1, 0.15) is 0 Å². The zero-order valence-electron chi connectivity index (χ0n) is 6.46. The van der Waals surface area contributed by atoms with Gasteiger partial charge in [-0.2, -0.15) is 0 Å². The van der Waals surface area contributed by atoms with E-state index >= 15 is 0 Å². The molecule has 0 saturated carbocycles. The number of rotatable bonds is 0. The molecule has 64 valence electrons. The maximum absolute atomic E-state index is 5.86. The summed E-state index contributed by atoms with van der Waals surface area (Å²) in [5.74, 6) is 0. The molecule has 2 N–H and O–H groups in total. The molecule has 1 unspecified atom stereocenters. The summed E-state index contributed by atoms with van der Waals surface area (Å²) in [7, 11) is 0. The van der Waals surface area contributed by atoms with Gasteiger partial charge in [0.25, 0.3) is 0 Å². The SMILES string of the molecule is NC1COCc2cncc(Br)c21. The molecule has 4 heteroatoms. The molecular formula is C8H9BrN2O. The number of halogens is 1. The van der Waals surface area contributed by atoms with Gasteiger partial charge in [0, 0.05) is 22.4 Å². The smallest absolute Gasteiger partial charge is 0.0736 e. The highest BCUT2D eigenvalue weighted by atomic mass is 79.9. The van der Waals surface area contributed by atoms with Crippen LogP contribution in [-0.2, 0) is 11.3 Å². The van der Waals surface area contributed by atoms with Crippen LogP contribution in [0.1, 0.15) is 17.2 Å². The Balaban J connectivity index is 2.53. The van der Waals surface area contributed by atoms with Crippen molar-refractivity contribution in [2.45, 2.75) is 12.6 Å². The first kappa shape index (κ1) is 8.16. The van der Waals surface area contributed by atoms with Crippen LogP contribution in [0.25, 0.3) is 0 Å². The highest BCUT2D eigenvalue weighted by Crippen LogP contribution is 2.28. The fourth-order valence-corrected chi connectivity index (χ4v) is 2.06. The van der Waals surface area contributed by atoms with E-state index in [2.05, 4.69) is 20.9 Å². The number of ether oxygens (including phenoxy) is 1. The number of nitrogens with zero attached hydrogens (tertiary/aromatic N) is 1. The fraction of sp³-hybridized carbons (Fsp3) is 0.375. The van der Waals surface area contributed by atoms with E-state index in [1.165, 1.54) is 0 Å². The Bertz CT molecular complexity index is 303. The lowest BCUT2D eigenvalue weighted by Crippen LogP contribution is -2.24. The summed E-state index contributed by atoms with van der Waals surface area (Å²) in [5, 5.41) is 0. The molecule has 2 heterocycles. The van der Waals surface area contributed by atoms with Crippen molar-refractivity contribution in [1.82, 2.24) is 4.98 Å². The van der Waals surface area contributed by atoms with Crippen LogP contribution in [0, 0.1) is 0 Å². The summed E-state index contributed by atoms with van der Waals surface area (Å²) in [6.07, 6.45) is 3.57. The summed E-state index contributed by atoms with van der Waals surface area (Å²) in [6, 6.07) is -0.0221. The Morgan fingerprint density at radius 3 is 3.17 bits per heavy atom. The average molecular weight is 229 g/mol. The van der Waals surface area contributed by atoms with E-state index in [0.717, 1.165) is 15.6 Å². The van der Waals surface area contributed by atoms with Crippen molar-refractivity contribution in [3.8, 4) is 0 Å². The van der Waals surface area contributed by atoms with Crippen molar-refractivity contribution in [3.63, 3.8) is 0 Å². The first-order valence-corrected chi connectivity index (χ1v) is 4.54. The lowest BCUT2D eigenvalue weighted by atomic mass is 10.0. The predicted molar refractivity (Wildman–Crippen MR) is 48.5 cm³/mol. The molecule has 0 spiro atoms. The van der Waals surface area contributed by atoms with Crippen molar-refractivity contribution in [2.75, 3.05) is 6.61 Å². The van der Waals surface area contributed by atoms with Crippen LogP contribution < -0.4 is 5.73 Å². The topological polar surface area (TPSA) is 48.1 Å². The molecule has 0 amide bonds. The van der Waals surface area contributed by atoms with E-state index in [1.807, 2.05) is 0 Å². The standard InChI is InChI=1S/C8H9BrN2O/c9-6-2-11-1-5-3-12-4-7(10)8(5)6/h1-2,7H,3-4,10H2. The summed E-state index contributed by atoms with van der Waals surface area (Å²) in [4.78, 5) is 4.05. The number of nitrogens with two attached hydrogens (primary N) is 1. The minimum Gasteiger partial charge on any atom is -0.375 e. The lowest BCUT2D eigenvalue weighted by Gasteiger charge is -2.22. The van der Waals surface area contributed by atoms with E-state index in [0.29, 0.717) is 13.2 Å². The van der Waals surface area contributed by atoms with Crippen LogP contribution in [0.15, 0.2) is 16.9 Å². The van der Waals surface area contributed by atoms with Crippen molar-refractivity contribution in [1.29, 1.82) is 0 Å². The van der Waals surface area contributed by atoms with Gasteiger partial charge in [-0.05, 0) is 21.5 Å². The van der Waals surface area contributed by atoms with E-state index in [9.17, 15) is 0 Å². The monoisotopic (exact) mass is 228 g/mol. The quantitative estimate of drug-likeness (QED) is 0.730. The number of pyridine rings is 1. The summed E-state index contributed by atoms with van der Waals surface area (Å²) in [5.41, 5.74) is 8.09. The largest absolute Gasteiger partial charge is 0.375 e. The minimum absolute atomic E-state index is 0.0221. The van der Waals surface area contributed by atoms with Crippen molar-refractivity contribution in [2.24, 2.45) is 5.73 Å². The van der Waals surface area contributed by atoms with Crippen LogP contribution in [0.4, 0.5) is 0 Å². The number of hydrogen-bond donors (Lipinski definition) is 1. The summed E-state index contributed by atoms with van der Waals surface area (Å²) >= 11 is 3.42. The second-order valence-corrected chi connectivity index (χ2v) is 3.67. The number of hydrogen-bond acceptors (Lipinski definition) is 3. The van der Waals surface area contributed by atoms with Gasteiger partial charge in [0.2, 0.25) is 0 Å². The van der Waals surface area contributed by atoms with Gasteiger partial charge >= 0.3 is 0 Å². The Morgan fingerprint density at radius 2 is 2.42 bits per heavy atom. The molecular weight excluding hydrogens is 220 g/mol. The van der Waals surface area contributed by atoms with Crippen LogP contribution in [-0.4, -0.2) is 11.6 Å². The second-order valence-electron chi connectivity index (χ2n) is 2.82. The fourth-order valence-electron chi connectivity index (χ4n) is 1.39. The first-order valence-electron chi connectivity index (χ1n) is 3.74. The number of fused-ring (bicyclic) bond motifs is 1. The molecule has 0 aliphatic carbocycles. The molecule has 3 nitrogen and oxygen atoms in total. The molecule has 0 aromatic carbocycles. The van der Waals surface area contributed by atoms with Gasteiger partial charge in [-0.3, -0.25) is 4.98 Å². The van der Waals surface area contributed by atoms with E-state index in [4.69, 9.17) is 10.5 Å². The zero-order chi connectivity index (χ0) is 8.55. The normalized spacial score (nSPS) is 22.0. The van der Waals surface area contributed by atoms with Crippen molar-refractivity contribution >= 4 is 15.9 Å². The van der Waals surface area contributed by atoms with E-state index < -0.39 is 0 Å². The molecule has 0 saturated heterocycles. The molecule has 0 fully saturated rings. The molecule has 0 radical (unpaired) electrons. The van der Waals surface area contributed by atoms with Crippen LogP contribution >= 0.6 is 15.9 Å². The summed E-state index contributed by atoms with van der Waals surface area (Å²) in [6.45, 7) is 1.21. The zero-order valence-corrected chi connectivity index (χ0v) is 8.04. The third-order valence-corrected chi connectivity index (χ3v) is 2.58. The molecule has 1 aromatic heterocycles. The molecule has 12 heavy (non-hydrogen) atoms. The lowest BCUT2D eigenvalue weighted by molar-refractivity contribution is 0.0917. The van der Waals surface area contributed by atoms with Gasteiger partial charge in [-0.25, -0.2) is 0 Å². The minimum atomic E-state index is -0.0221. The first-order chi connectivity index (χ1) is 5.79. The third-order valence-electron chi connectivity index (χ3n) is 1.95. The number of aromatic nitrogens is 1. The Morgan fingerprint density at radius 1 is 1.58 bits per heavy atom. The van der Waals surface area contributed by atoms with Crippen LogP contribution in [0.5, 0.6) is 0 Å². The molecule has 1 aliphatic rings. The van der Waals surface area contributed by atoms with Gasteiger partial charge < -0.3 is 10.5 Å². The average Bonchev–Trinajstić information content (AvgIpc) is 2.04. The molecule has 2 rings (SSSR count). The van der Waals surface area contributed by atoms with Gasteiger partial charge in [-0.15, -0.1) is 0 Å². The van der Waals surface area contributed by atoms with Crippen molar-refractivity contribution in [3.05, 3.63) is 28.0 Å². The highest BCUT2D eigenvalue weighted by Gasteiger charge is 2.19. The molecule has 1 aliphatic heterocycles. The van der Waals surface area contributed by atoms with Gasteiger partial charge in [-0.1, -0.05) is 0 Å². The second kappa shape index (κ2) is 3.12. The molecule has 1 atom stereocenters. The predicted octanol–water partition coefficient (Wildman–Crippen LogP) is 1.37. The Kier molecular flexibility index (Phi) is 2.12. The maximum atomic E-state index is 5.86.